The Morgan fingerprint density at radius 3 is 2.83 bits per heavy atom. The number of hydrogen-bond donors (Lipinski definition) is 3. The monoisotopic (exact) mass is 557 g/mol. The first-order valence-electron chi connectivity index (χ1n) is 13.4. The van der Waals surface area contributed by atoms with E-state index < -0.39 is 23.6 Å². The zero-order valence-electron chi connectivity index (χ0n) is 22.3. The Morgan fingerprint density at radius 2 is 2.02 bits per heavy atom. The van der Waals surface area contributed by atoms with Gasteiger partial charge in [-0.25, -0.2) is 13.2 Å². The molecule has 1 aliphatic rings. The molecule has 1 fully saturated rings. The average molecular weight is 558 g/mol. The van der Waals surface area contributed by atoms with Gasteiger partial charge in [-0.1, -0.05) is 12.2 Å². The van der Waals surface area contributed by atoms with Crippen LogP contribution in [0.3, 0.4) is 0 Å². The van der Waals surface area contributed by atoms with Crippen molar-refractivity contribution in [1.82, 2.24) is 15.6 Å². The minimum Gasteiger partial charge on any atom is -0.497 e. The smallest absolute Gasteiger partial charge is 0.222 e. The molecular weight excluding hydrogens is 523 g/mol. The second-order valence-corrected chi connectivity index (χ2v) is 9.74. The minimum atomic E-state index is -0.520. The molecule has 2 heterocycles. The van der Waals surface area contributed by atoms with E-state index in [0.29, 0.717) is 54.4 Å². The Morgan fingerprint density at radius 1 is 1.18 bits per heavy atom. The summed E-state index contributed by atoms with van der Waals surface area (Å²) < 4.78 is 53.8. The number of hydrogen-bond acceptors (Lipinski definition) is 6. The number of aromatic nitrogens is 1. The number of rotatable bonds is 12. The Kier molecular flexibility index (Phi) is 10.5. The van der Waals surface area contributed by atoms with Crippen LogP contribution in [0, 0.1) is 17.5 Å². The lowest BCUT2D eigenvalue weighted by Gasteiger charge is -2.37. The lowest BCUT2D eigenvalue weighted by molar-refractivity contribution is -0.129. The van der Waals surface area contributed by atoms with Crippen molar-refractivity contribution in [3.63, 3.8) is 0 Å². The average Bonchev–Trinajstić information content (AvgIpc) is 2.95. The maximum absolute atomic E-state index is 14.8. The SMILES string of the molecule is COc1ccc2ncc(F)c(CC[C@@H]3CC[C@@H](NC/C=C/c4cc(F)ccc4F)[C@@H](CC(=O)NCCO)O3)c2c1. The van der Waals surface area contributed by atoms with Crippen LogP contribution in [0.4, 0.5) is 13.2 Å². The van der Waals surface area contributed by atoms with Gasteiger partial charge in [-0.2, -0.15) is 0 Å². The molecule has 3 aromatic rings. The van der Waals surface area contributed by atoms with E-state index in [1.807, 2.05) is 0 Å². The molecule has 2 aromatic carbocycles. The van der Waals surface area contributed by atoms with E-state index in [1.54, 1.807) is 31.4 Å². The summed E-state index contributed by atoms with van der Waals surface area (Å²) in [4.78, 5) is 16.6. The highest BCUT2D eigenvalue weighted by molar-refractivity contribution is 5.83. The molecule has 0 bridgehead atoms. The molecule has 3 atom stereocenters. The number of pyridine rings is 1. The molecule has 1 saturated heterocycles. The maximum Gasteiger partial charge on any atom is 0.222 e. The predicted octanol–water partition coefficient (Wildman–Crippen LogP) is 4.31. The summed E-state index contributed by atoms with van der Waals surface area (Å²) in [5, 5.41) is 15.7. The van der Waals surface area contributed by atoms with Gasteiger partial charge in [-0.15, -0.1) is 0 Å². The summed E-state index contributed by atoms with van der Waals surface area (Å²) in [6, 6.07) is 8.46. The molecule has 0 radical (unpaired) electrons. The molecule has 0 aliphatic carbocycles. The molecule has 1 aromatic heterocycles. The second-order valence-electron chi connectivity index (χ2n) is 9.74. The number of nitrogens with one attached hydrogen (secondary N) is 2. The fraction of sp³-hybridized carbons (Fsp3) is 0.400. The molecule has 3 N–H and O–H groups in total. The molecule has 1 amide bonds. The highest BCUT2D eigenvalue weighted by atomic mass is 19.1. The summed E-state index contributed by atoms with van der Waals surface area (Å²) in [6.45, 7) is 0.339. The maximum atomic E-state index is 14.8. The summed E-state index contributed by atoms with van der Waals surface area (Å²) in [5.41, 5.74) is 1.37. The zero-order chi connectivity index (χ0) is 28.5. The highest BCUT2D eigenvalue weighted by Gasteiger charge is 2.32. The van der Waals surface area contributed by atoms with Crippen molar-refractivity contribution in [2.45, 2.75) is 50.4 Å². The van der Waals surface area contributed by atoms with Gasteiger partial charge < -0.3 is 25.2 Å². The number of carbonyl (C=O) groups is 1. The van der Waals surface area contributed by atoms with E-state index >= 15 is 0 Å². The third-order valence-electron chi connectivity index (χ3n) is 7.04. The van der Waals surface area contributed by atoms with Crippen molar-refractivity contribution >= 4 is 22.9 Å². The molecular formula is C30H34F3N3O4. The van der Waals surface area contributed by atoms with E-state index in [4.69, 9.17) is 14.6 Å². The first-order valence-corrected chi connectivity index (χ1v) is 13.4. The number of aliphatic hydroxyl groups excluding tert-OH is 1. The summed E-state index contributed by atoms with van der Waals surface area (Å²) in [5.74, 6) is -1.06. The molecule has 1 aliphatic heterocycles. The molecule has 0 spiro atoms. The first kappa shape index (κ1) is 29.5. The number of ether oxygens (including phenoxy) is 2. The number of carbonyl (C=O) groups excluding carboxylic acids is 1. The van der Waals surface area contributed by atoms with Gasteiger partial charge in [-0.05, 0) is 67.6 Å². The molecule has 4 rings (SSSR count). The van der Waals surface area contributed by atoms with Gasteiger partial charge in [0, 0.05) is 30.1 Å². The lowest BCUT2D eigenvalue weighted by atomic mass is 9.92. The van der Waals surface area contributed by atoms with Crippen molar-refractivity contribution in [3.05, 3.63) is 77.2 Å². The number of amides is 1. The normalized spacial score (nSPS) is 19.3. The van der Waals surface area contributed by atoms with E-state index in [9.17, 15) is 18.0 Å². The van der Waals surface area contributed by atoms with Gasteiger partial charge in [0.15, 0.2) is 0 Å². The highest BCUT2D eigenvalue weighted by Crippen LogP contribution is 2.29. The van der Waals surface area contributed by atoms with Gasteiger partial charge in [0.2, 0.25) is 5.91 Å². The first-order chi connectivity index (χ1) is 19.4. The van der Waals surface area contributed by atoms with Crippen LogP contribution in [-0.2, 0) is 16.0 Å². The van der Waals surface area contributed by atoms with Crippen molar-refractivity contribution in [3.8, 4) is 5.75 Å². The van der Waals surface area contributed by atoms with Crippen LogP contribution in [0.15, 0.2) is 48.7 Å². The van der Waals surface area contributed by atoms with Crippen LogP contribution in [-0.4, -0.2) is 61.1 Å². The minimum absolute atomic E-state index is 0.0835. The van der Waals surface area contributed by atoms with Crippen LogP contribution in [0.2, 0.25) is 0 Å². The fourth-order valence-electron chi connectivity index (χ4n) is 4.98. The fourth-order valence-corrected chi connectivity index (χ4v) is 4.98. The number of benzene rings is 2. The van der Waals surface area contributed by atoms with E-state index in [1.165, 1.54) is 12.3 Å². The van der Waals surface area contributed by atoms with Crippen molar-refractivity contribution in [2.24, 2.45) is 0 Å². The number of methoxy groups -OCH3 is 1. The largest absolute Gasteiger partial charge is 0.497 e. The topological polar surface area (TPSA) is 92.7 Å². The standard InChI is InChI=1S/C30H34F3N3O4/c1-39-22-7-10-27-24(16-22)23(26(33)18-36-27)8-5-21-6-11-28(29(40-21)17-30(38)35-13-14-37)34-12-2-3-19-15-20(31)4-9-25(19)32/h2-4,7,9-10,15-16,18,21,28-29,34,37H,5-6,8,11-14,17H2,1H3,(H,35,38)/b3-2+/t21-,28-,29-/m1/s1. The van der Waals surface area contributed by atoms with Gasteiger partial charge in [0.1, 0.15) is 23.2 Å². The number of nitrogens with zero attached hydrogens (tertiary/aromatic N) is 1. The second kappa shape index (κ2) is 14.2. The van der Waals surface area contributed by atoms with Crippen molar-refractivity contribution in [2.75, 3.05) is 26.8 Å². The number of fused-ring (bicyclic) bond motifs is 1. The Hall–Kier alpha value is -3.47. The summed E-state index contributed by atoms with van der Waals surface area (Å²) in [7, 11) is 1.56. The Labute approximate surface area is 231 Å². The van der Waals surface area contributed by atoms with Crippen molar-refractivity contribution < 1.29 is 32.5 Å². The molecule has 0 unspecified atom stereocenters. The van der Waals surface area contributed by atoms with E-state index in [2.05, 4.69) is 15.6 Å². The molecule has 0 saturated carbocycles. The summed E-state index contributed by atoms with van der Waals surface area (Å²) in [6.07, 6.45) is 6.22. The van der Waals surface area contributed by atoms with Crippen molar-refractivity contribution in [1.29, 1.82) is 0 Å². The Bertz CT molecular complexity index is 1340. The van der Waals surface area contributed by atoms with Crippen LogP contribution < -0.4 is 15.4 Å². The number of aliphatic hydroxyl groups is 1. The summed E-state index contributed by atoms with van der Waals surface area (Å²) >= 11 is 0. The molecule has 214 valence electrons. The number of halogens is 3. The zero-order valence-corrected chi connectivity index (χ0v) is 22.3. The van der Waals surface area contributed by atoms with Gasteiger partial charge in [-0.3, -0.25) is 9.78 Å². The number of aryl methyl sites for hydroxylation is 1. The molecule has 7 nitrogen and oxygen atoms in total. The molecule has 40 heavy (non-hydrogen) atoms. The Balaban J connectivity index is 1.41. The van der Waals surface area contributed by atoms with Crippen LogP contribution >= 0.6 is 0 Å². The predicted molar refractivity (Wildman–Crippen MR) is 146 cm³/mol. The van der Waals surface area contributed by atoms with E-state index in [-0.39, 0.29) is 43.2 Å². The van der Waals surface area contributed by atoms with E-state index in [0.717, 1.165) is 18.2 Å². The van der Waals surface area contributed by atoms with Crippen LogP contribution in [0.25, 0.3) is 17.0 Å². The van der Waals surface area contributed by atoms with Crippen LogP contribution in [0.1, 0.15) is 36.8 Å². The lowest BCUT2D eigenvalue weighted by Crippen LogP contribution is -2.49. The quantitative estimate of drug-likeness (QED) is 0.308. The third kappa shape index (κ3) is 7.80. The van der Waals surface area contributed by atoms with Gasteiger partial charge in [0.25, 0.3) is 0 Å². The third-order valence-corrected chi connectivity index (χ3v) is 7.04. The van der Waals surface area contributed by atoms with Gasteiger partial charge >= 0.3 is 0 Å². The van der Waals surface area contributed by atoms with Gasteiger partial charge in [0.05, 0.1) is 44.1 Å². The van der Waals surface area contributed by atoms with Crippen LogP contribution in [0.5, 0.6) is 5.75 Å². The molecule has 10 heteroatoms.